The molecule has 0 aromatic rings. The van der Waals surface area contributed by atoms with E-state index >= 15 is 0 Å². The fourth-order valence-corrected chi connectivity index (χ4v) is 0.743. The summed E-state index contributed by atoms with van der Waals surface area (Å²) in [6, 6.07) is 2.05. The van der Waals surface area contributed by atoms with Crippen LogP contribution in [0.15, 0.2) is 28.9 Å². The van der Waals surface area contributed by atoms with Gasteiger partial charge in [0.1, 0.15) is 11.8 Å². The molecule has 2 heteroatoms. The van der Waals surface area contributed by atoms with Crippen LogP contribution in [0.4, 0.5) is 0 Å². The molecule has 0 aliphatic rings. The molecule has 0 aromatic heterocycles. The lowest BCUT2D eigenvalue weighted by Gasteiger charge is -1.95. The first-order valence-corrected chi connectivity index (χ1v) is 4.39. The predicted octanol–water partition coefficient (Wildman–Crippen LogP) is 3.23. The van der Waals surface area contributed by atoms with Crippen LogP contribution >= 0.6 is 0 Å². The molecule has 0 saturated carbocycles. The fourth-order valence-electron chi connectivity index (χ4n) is 0.743. The SMILES string of the molecule is C=C(CC)C/C=C(/C#N)N=C(C)C. The van der Waals surface area contributed by atoms with E-state index in [1.54, 1.807) is 0 Å². The number of hydrogen-bond acceptors (Lipinski definition) is 2. The summed E-state index contributed by atoms with van der Waals surface area (Å²) < 4.78 is 0. The summed E-state index contributed by atoms with van der Waals surface area (Å²) >= 11 is 0. The molecule has 0 heterocycles. The lowest BCUT2D eigenvalue weighted by molar-refractivity contribution is 1.03. The molecule has 0 aliphatic heterocycles. The van der Waals surface area contributed by atoms with Gasteiger partial charge in [0.2, 0.25) is 0 Å². The Morgan fingerprint density at radius 3 is 2.54 bits per heavy atom. The number of allylic oxidation sites excluding steroid dienone is 3. The highest BCUT2D eigenvalue weighted by molar-refractivity contribution is 5.80. The van der Waals surface area contributed by atoms with Gasteiger partial charge >= 0.3 is 0 Å². The molecule has 0 rings (SSSR count). The second kappa shape index (κ2) is 6.19. The van der Waals surface area contributed by atoms with Crippen LogP contribution in [0.1, 0.15) is 33.6 Å². The molecule has 0 saturated heterocycles. The summed E-state index contributed by atoms with van der Waals surface area (Å²) in [7, 11) is 0. The molecule has 2 nitrogen and oxygen atoms in total. The van der Waals surface area contributed by atoms with Crippen molar-refractivity contribution in [1.29, 1.82) is 5.26 Å². The van der Waals surface area contributed by atoms with Crippen LogP contribution in [-0.2, 0) is 0 Å². The van der Waals surface area contributed by atoms with E-state index in [-0.39, 0.29) is 0 Å². The van der Waals surface area contributed by atoms with E-state index in [9.17, 15) is 0 Å². The normalized spacial score (nSPS) is 10.5. The van der Waals surface area contributed by atoms with Gasteiger partial charge in [-0.3, -0.25) is 0 Å². The number of nitrogens with zero attached hydrogens (tertiary/aromatic N) is 2. The first-order valence-electron chi connectivity index (χ1n) is 4.39. The van der Waals surface area contributed by atoms with Crippen molar-refractivity contribution >= 4 is 5.71 Å². The molecular weight excluding hydrogens is 160 g/mol. The minimum absolute atomic E-state index is 0.481. The Kier molecular flexibility index (Phi) is 5.54. The third-order valence-corrected chi connectivity index (χ3v) is 1.54. The zero-order chi connectivity index (χ0) is 10.3. The van der Waals surface area contributed by atoms with E-state index in [2.05, 4.69) is 18.5 Å². The Labute approximate surface area is 80.3 Å². The third-order valence-electron chi connectivity index (χ3n) is 1.54. The molecule has 0 radical (unpaired) electrons. The van der Waals surface area contributed by atoms with E-state index in [0.29, 0.717) is 5.70 Å². The molecule has 0 aromatic carbocycles. The molecule has 0 N–H and O–H groups in total. The Hall–Kier alpha value is -1.36. The number of rotatable bonds is 4. The number of hydrogen-bond donors (Lipinski definition) is 0. The lowest BCUT2D eigenvalue weighted by atomic mass is 10.1. The summed E-state index contributed by atoms with van der Waals surface area (Å²) in [6.45, 7) is 9.66. The van der Waals surface area contributed by atoms with Crippen molar-refractivity contribution in [3.05, 3.63) is 23.9 Å². The van der Waals surface area contributed by atoms with Crippen LogP contribution in [0.25, 0.3) is 0 Å². The van der Waals surface area contributed by atoms with E-state index in [1.165, 1.54) is 0 Å². The van der Waals surface area contributed by atoms with Crippen LogP contribution in [0, 0.1) is 11.3 Å². The standard InChI is InChI=1S/C11H16N2/c1-5-10(4)6-7-11(8-12)13-9(2)3/h7H,4-6H2,1-3H3/b11-7-. The Morgan fingerprint density at radius 1 is 1.54 bits per heavy atom. The van der Waals surface area contributed by atoms with Gasteiger partial charge in [0.15, 0.2) is 0 Å². The summed E-state index contributed by atoms with van der Waals surface area (Å²) in [5, 5.41) is 8.71. The number of aliphatic imine (C=N–C) groups is 1. The van der Waals surface area contributed by atoms with Crippen LogP contribution in [0.3, 0.4) is 0 Å². The van der Waals surface area contributed by atoms with E-state index in [0.717, 1.165) is 24.1 Å². The summed E-state index contributed by atoms with van der Waals surface area (Å²) in [6.07, 6.45) is 3.51. The van der Waals surface area contributed by atoms with Crippen molar-refractivity contribution in [3.63, 3.8) is 0 Å². The molecule has 0 atom stereocenters. The van der Waals surface area contributed by atoms with Crippen molar-refractivity contribution in [1.82, 2.24) is 0 Å². The third kappa shape index (κ3) is 5.86. The Balaban J connectivity index is 4.35. The van der Waals surface area contributed by atoms with Gasteiger partial charge < -0.3 is 0 Å². The van der Waals surface area contributed by atoms with Crippen LogP contribution in [0.2, 0.25) is 0 Å². The molecule has 0 bridgehead atoms. The molecule has 0 unspecified atom stereocenters. The second-order valence-corrected chi connectivity index (χ2v) is 3.07. The molecule has 13 heavy (non-hydrogen) atoms. The molecule has 0 spiro atoms. The van der Waals surface area contributed by atoms with Gasteiger partial charge in [-0.2, -0.15) is 5.26 Å². The fraction of sp³-hybridized carbons (Fsp3) is 0.455. The Bertz CT molecular complexity index is 273. The molecule has 0 amide bonds. The van der Waals surface area contributed by atoms with Crippen molar-refractivity contribution in [2.75, 3.05) is 0 Å². The van der Waals surface area contributed by atoms with E-state index < -0.39 is 0 Å². The van der Waals surface area contributed by atoms with Gasteiger partial charge in [-0.15, -0.1) is 0 Å². The quantitative estimate of drug-likeness (QED) is 0.368. The van der Waals surface area contributed by atoms with Gasteiger partial charge in [-0.05, 0) is 32.8 Å². The summed E-state index contributed by atoms with van der Waals surface area (Å²) in [5.74, 6) is 0. The van der Waals surface area contributed by atoms with Crippen LogP contribution < -0.4 is 0 Å². The summed E-state index contributed by atoms with van der Waals surface area (Å²) in [5.41, 5.74) is 2.50. The van der Waals surface area contributed by atoms with Gasteiger partial charge in [0.25, 0.3) is 0 Å². The molecular formula is C11H16N2. The molecule has 0 fully saturated rings. The topological polar surface area (TPSA) is 36.1 Å². The number of nitriles is 1. The van der Waals surface area contributed by atoms with Gasteiger partial charge in [-0.25, -0.2) is 4.99 Å². The van der Waals surface area contributed by atoms with Crippen LogP contribution in [-0.4, -0.2) is 5.71 Å². The maximum atomic E-state index is 8.71. The first kappa shape index (κ1) is 11.6. The van der Waals surface area contributed by atoms with Crippen molar-refractivity contribution < 1.29 is 0 Å². The zero-order valence-corrected chi connectivity index (χ0v) is 8.59. The van der Waals surface area contributed by atoms with Crippen LogP contribution in [0.5, 0.6) is 0 Å². The minimum atomic E-state index is 0.481. The maximum absolute atomic E-state index is 8.71. The van der Waals surface area contributed by atoms with Gasteiger partial charge in [0.05, 0.1) is 0 Å². The molecule has 70 valence electrons. The van der Waals surface area contributed by atoms with Crippen molar-refractivity contribution in [2.45, 2.75) is 33.6 Å². The first-order chi connectivity index (χ1) is 6.10. The minimum Gasteiger partial charge on any atom is -0.247 e. The predicted molar refractivity (Wildman–Crippen MR) is 56.5 cm³/mol. The highest BCUT2D eigenvalue weighted by atomic mass is 14.7. The molecule has 0 aliphatic carbocycles. The summed E-state index contributed by atoms with van der Waals surface area (Å²) in [4.78, 5) is 4.08. The highest BCUT2D eigenvalue weighted by Crippen LogP contribution is 2.07. The van der Waals surface area contributed by atoms with Gasteiger partial charge in [-0.1, -0.05) is 19.1 Å². The van der Waals surface area contributed by atoms with Crippen molar-refractivity contribution in [2.24, 2.45) is 4.99 Å². The van der Waals surface area contributed by atoms with E-state index in [1.807, 2.05) is 26.0 Å². The average Bonchev–Trinajstić information content (AvgIpc) is 2.10. The highest BCUT2D eigenvalue weighted by Gasteiger charge is 1.92. The Morgan fingerprint density at radius 2 is 2.15 bits per heavy atom. The van der Waals surface area contributed by atoms with Crippen molar-refractivity contribution in [3.8, 4) is 6.07 Å². The lowest BCUT2D eigenvalue weighted by Crippen LogP contribution is -1.84. The average molecular weight is 176 g/mol. The van der Waals surface area contributed by atoms with Gasteiger partial charge in [0, 0.05) is 5.71 Å². The second-order valence-electron chi connectivity index (χ2n) is 3.07. The van der Waals surface area contributed by atoms with E-state index in [4.69, 9.17) is 5.26 Å². The largest absolute Gasteiger partial charge is 0.247 e. The monoisotopic (exact) mass is 176 g/mol. The smallest absolute Gasteiger partial charge is 0.136 e. The maximum Gasteiger partial charge on any atom is 0.136 e. The zero-order valence-electron chi connectivity index (χ0n) is 8.59.